The molecule has 4 aromatic rings. The fraction of sp³-hybridized carbons (Fsp3) is 0.576. The van der Waals surface area contributed by atoms with Crippen molar-refractivity contribution in [2.75, 3.05) is 34.0 Å². The first-order valence-electron chi connectivity index (χ1n) is 16.8. The number of ether oxygens (including phenoxy) is 8. The number of methoxy groups -OCH3 is 2. The number of phenolic OH excluding ortho intramolecular Hbond substituents is 1. The van der Waals surface area contributed by atoms with Gasteiger partial charge in [-0.2, -0.15) is 0 Å². The van der Waals surface area contributed by atoms with Crippen LogP contribution in [-0.4, -0.2) is 171 Å². The molecule has 0 bridgehead atoms. The van der Waals surface area contributed by atoms with Crippen molar-refractivity contribution in [1.29, 1.82) is 0 Å². The van der Waals surface area contributed by atoms with E-state index in [1.807, 2.05) is 0 Å². The van der Waals surface area contributed by atoms with E-state index in [-0.39, 0.29) is 50.0 Å². The molecule has 3 saturated heterocycles. The average Bonchev–Trinajstić information content (AvgIpc) is 3.16. The summed E-state index contributed by atoms with van der Waals surface area (Å²) >= 11 is 0. The average molecular weight is 787 g/mol. The monoisotopic (exact) mass is 786 g/mol. The zero-order valence-electron chi connectivity index (χ0n) is 28.7. The zero-order chi connectivity index (χ0) is 39.6. The van der Waals surface area contributed by atoms with E-state index in [0.717, 1.165) is 12.1 Å². The summed E-state index contributed by atoms with van der Waals surface area (Å²) in [6.07, 6.45) is -24.8. The number of hydrogen-bond acceptors (Lipinski definition) is 22. The summed E-state index contributed by atoms with van der Waals surface area (Å²) in [6, 6.07) is 2.20. The number of rotatable bonds is 10. The van der Waals surface area contributed by atoms with E-state index >= 15 is 0 Å². The molecule has 3 aliphatic heterocycles. The lowest BCUT2D eigenvalue weighted by Crippen LogP contribution is -2.66. The van der Waals surface area contributed by atoms with Crippen LogP contribution in [0.25, 0.3) is 32.7 Å². The van der Waals surface area contributed by atoms with Crippen molar-refractivity contribution < 1.29 is 97.8 Å². The Morgan fingerprint density at radius 3 is 1.82 bits per heavy atom. The molecule has 3 aliphatic rings. The standard InChI is InChI=1S/C33H38O22/c1-46-23-10(36)3-8-15-16-9(30(45)52-26(15)23)4-12(25(47-2)27(16)53-29(8)44)49-32-22(43)20(41)24(14(6-35)51-32)54-33-28(19(40)18(39)13(5-34)50-33)55-31-21(42)17(38)11(37)7-48-31/h3-4,11,13-14,17-22,24,28,31-43H,5-7H2,1-2H3/t11-,13+,14+,17-,18+,19-,20+,21+,22+,24+,28+,31-,32+,33-/m0/s1. The molecule has 5 heterocycles. The molecule has 10 N–H and O–H groups in total. The summed E-state index contributed by atoms with van der Waals surface area (Å²) in [4.78, 5) is 26.4. The summed E-state index contributed by atoms with van der Waals surface area (Å²) in [5.41, 5.74) is -2.53. The molecular weight excluding hydrogens is 748 g/mol. The van der Waals surface area contributed by atoms with E-state index in [1.165, 1.54) is 14.2 Å². The van der Waals surface area contributed by atoms with Crippen LogP contribution in [0, 0.1) is 0 Å². The molecule has 2 aromatic carbocycles. The fourth-order valence-corrected chi connectivity index (χ4v) is 6.99. The Balaban J connectivity index is 1.19. The van der Waals surface area contributed by atoms with Gasteiger partial charge in [0.15, 0.2) is 35.2 Å². The molecule has 0 saturated carbocycles. The molecule has 0 unspecified atom stereocenters. The van der Waals surface area contributed by atoms with Crippen LogP contribution in [0.2, 0.25) is 0 Å². The van der Waals surface area contributed by atoms with Crippen molar-refractivity contribution in [2.45, 2.75) is 86.0 Å². The van der Waals surface area contributed by atoms with E-state index in [2.05, 4.69) is 0 Å². The highest BCUT2D eigenvalue weighted by atomic mass is 16.8. The molecule has 3 fully saturated rings. The van der Waals surface area contributed by atoms with Crippen LogP contribution in [0.1, 0.15) is 0 Å². The lowest BCUT2D eigenvalue weighted by atomic mass is 9.96. The summed E-state index contributed by atoms with van der Waals surface area (Å²) in [6.45, 7) is -2.26. The summed E-state index contributed by atoms with van der Waals surface area (Å²) in [7, 11) is 2.39. The van der Waals surface area contributed by atoms with Gasteiger partial charge < -0.3 is 97.8 Å². The Morgan fingerprint density at radius 2 is 1.20 bits per heavy atom. The molecular formula is C33H38O22. The molecule has 0 aliphatic carbocycles. The third-order valence-electron chi connectivity index (χ3n) is 9.83. The normalized spacial score (nSPS) is 35.8. The minimum Gasteiger partial charge on any atom is -0.504 e. The van der Waals surface area contributed by atoms with Crippen LogP contribution in [0.5, 0.6) is 23.0 Å². The summed E-state index contributed by atoms with van der Waals surface area (Å²) in [5, 5.41) is 105. The molecule has 0 spiro atoms. The Morgan fingerprint density at radius 1 is 0.655 bits per heavy atom. The Hall–Kier alpha value is -3.98. The number of benzene rings is 2. The third kappa shape index (κ3) is 6.52. The van der Waals surface area contributed by atoms with Gasteiger partial charge in [-0.15, -0.1) is 0 Å². The van der Waals surface area contributed by atoms with Crippen molar-refractivity contribution >= 4 is 32.7 Å². The molecule has 55 heavy (non-hydrogen) atoms. The van der Waals surface area contributed by atoms with E-state index in [9.17, 15) is 60.7 Å². The van der Waals surface area contributed by atoms with Gasteiger partial charge >= 0.3 is 11.3 Å². The number of hydrogen-bond donors (Lipinski definition) is 10. The fourth-order valence-electron chi connectivity index (χ4n) is 6.99. The predicted octanol–water partition coefficient (Wildman–Crippen LogP) is -4.32. The minimum atomic E-state index is -2.04. The van der Waals surface area contributed by atoms with Gasteiger partial charge in [0.05, 0.1) is 44.8 Å². The molecule has 302 valence electrons. The van der Waals surface area contributed by atoms with Gasteiger partial charge in [-0.05, 0) is 12.1 Å². The van der Waals surface area contributed by atoms with Crippen molar-refractivity contribution in [3.63, 3.8) is 0 Å². The van der Waals surface area contributed by atoms with Gasteiger partial charge in [0.25, 0.3) is 0 Å². The van der Waals surface area contributed by atoms with Crippen LogP contribution in [-0.2, 0) is 23.7 Å². The molecule has 0 amide bonds. The smallest absolute Gasteiger partial charge is 0.344 e. The number of aliphatic hydroxyl groups is 9. The number of phenols is 1. The molecule has 22 heteroatoms. The molecule has 7 rings (SSSR count). The molecule has 0 radical (unpaired) electrons. The van der Waals surface area contributed by atoms with Crippen molar-refractivity contribution in [3.05, 3.63) is 33.0 Å². The Bertz CT molecular complexity index is 2120. The largest absolute Gasteiger partial charge is 0.504 e. The second kappa shape index (κ2) is 15.2. The second-order valence-electron chi connectivity index (χ2n) is 13.1. The van der Waals surface area contributed by atoms with Gasteiger partial charge in [-0.1, -0.05) is 0 Å². The second-order valence-corrected chi connectivity index (χ2v) is 13.1. The summed E-state index contributed by atoms with van der Waals surface area (Å²) < 4.78 is 55.6. The maximum Gasteiger partial charge on any atom is 0.344 e. The lowest BCUT2D eigenvalue weighted by molar-refractivity contribution is -0.380. The van der Waals surface area contributed by atoms with Crippen molar-refractivity contribution in [2.24, 2.45) is 0 Å². The highest BCUT2D eigenvalue weighted by Crippen LogP contribution is 2.46. The Labute approximate surface area is 306 Å². The first kappa shape index (κ1) is 39.3. The molecule has 14 atom stereocenters. The Kier molecular flexibility index (Phi) is 10.8. The van der Waals surface area contributed by atoms with Crippen LogP contribution >= 0.6 is 0 Å². The highest BCUT2D eigenvalue weighted by molar-refractivity contribution is 6.22. The third-order valence-corrected chi connectivity index (χ3v) is 9.83. The van der Waals surface area contributed by atoms with Gasteiger partial charge in [-0.25, -0.2) is 9.59 Å². The predicted molar refractivity (Wildman–Crippen MR) is 176 cm³/mol. The SMILES string of the molecule is COc1c(O)cc2c(=O)oc3c(OC)c(O[C@@H]4O[C@H](CO)[C@@H](O[C@@H]5O[C@H](CO)[C@@H](O)[C@H](O)[C@H]5O[C@@H]5OC[C@H](O)[C@H](O)[C@H]5O)[C@H](O)[C@H]4O)cc4c(=O)oc1c2c34. The van der Waals surface area contributed by atoms with Crippen LogP contribution < -0.4 is 25.5 Å². The summed E-state index contributed by atoms with van der Waals surface area (Å²) in [5.74, 6) is -1.38. The van der Waals surface area contributed by atoms with E-state index in [0.29, 0.717) is 0 Å². The number of aromatic hydroxyl groups is 1. The number of aliphatic hydroxyl groups excluding tert-OH is 9. The van der Waals surface area contributed by atoms with E-state index in [4.69, 9.17) is 46.7 Å². The van der Waals surface area contributed by atoms with Gasteiger partial charge in [0, 0.05) is 10.8 Å². The van der Waals surface area contributed by atoms with E-state index in [1.54, 1.807) is 0 Å². The lowest BCUT2D eigenvalue weighted by Gasteiger charge is -2.48. The maximum atomic E-state index is 13.3. The first-order valence-corrected chi connectivity index (χ1v) is 16.8. The zero-order valence-corrected chi connectivity index (χ0v) is 28.7. The van der Waals surface area contributed by atoms with Gasteiger partial charge in [-0.3, -0.25) is 0 Å². The quantitative estimate of drug-likeness (QED) is 0.0537. The highest BCUT2D eigenvalue weighted by Gasteiger charge is 2.53. The van der Waals surface area contributed by atoms with Gasteiger partial charge in [0.1, 0.15) is 67.1 Å². The van der Waals surface area contributed by atoms with Crippen molar-refractivity contribution in [1.82, 2.24) is 0 Å². The van der Waals surface area contributed by atoms with E-state index < -0.39 is 123 Å². The minimum absolute atomic E-state index is 0.0322. The van der Waals surface area contributed by atoms with Crippen LogP contribution in [0.4, 0.5) is 0 Å². The molecule has 2 aromatic heterocycles. The maximum absolute atomic E-state index is 13.3. The van der Waals surface area contributed by atoms with Crippen molar-refractivity contribution in [3.8, 4) is 23.0 Å². The van der Waals surface area contributed by atoms with Crippen LogP contribution in [0.15, 0.2) is 30.6 Å². The van der Waals surface area contributed by atoms with Crippen LogP contribution in [0.3, 0.4) is 0 Å². The first-order chi connectivity index (χ1) is 26.2. The topological polar surface area (TPSA) is 337 Å². The van der Waals surface area contributed by atoms with Gasteiger partial charge in [0.2, 0.25) is 17.8 Å². The molecule has 22 nitrogen and oxygen atoms in total.